The van der Waals surface area contributed by atoms with Gasteiger partial charge in [-0.1, -0.05) is 424 Å². The van der Waals surface area contributed by atoms with Crippen LogP contribution in [0.2, 0.25) is 0 Å². The van der Waals surface area contributed by atoms with Crippen molar-refractivity contribution < 1.29 is 25.9 Å². The van der Waals surface area contributed by atoms with Crippen LogP contribution in [0.15, 0.2) is 70.5 Å². The topological polar surface area (TPSA) is 114 Å². The predicted octanol–water partition coefficient (Wildman–Crippen LogP) is 28.8. The molecule has 9 heteroatoms. The average molecular weight is 1510 g/mol. The van der Waals surface area contributed by atoms with E-state index in [2.05, 4.69) is 52.0 Å². The van der Waals surface area contributed by atoms with E-state index < -0.39 is 20.2 Å². The molecule has 6 nitrogen and oxygen atoms in total. The van der Waals surface area contributed by atoms with Crippen molar-refractivity contribution in [2.45, 2.75) is 448 Å². The summed E-state index contributed by atoms with van der Waals surface area (Å²) in [6, 6.07) is 19.8. The van der Waals surface area contributed by atoms with E-state index >= 15 is 0 Å². The van der Waals surface area contributed by atoms with Crippen molar-refractivity contribution in [3.05, 3.63) is 82.9 Å². The SMILES string of the molecule is CCCCCCCCCCCCCCCCCc1cc(S(=O)(=O)[O-])c2cc(CCCCCCCCCCCCCCCCC)ccc2c1.CCCCCCCCCCCCCCCCCc1cc(S(=O)(=O)[O-])c2cc(CCCCCCCCCCCCCCCCC)ccc2c1.[Ba+2]. The smallest absolute Gasteiger partial charge is 0.744 e. The fraction of sp³-hybridized carbons (Fsp3) is 0.773. The van der Waals surface area contributed by atoms with Gasteiger partial charge in [0, 0.05) is 0 Å². The summed E-state index contributed by atoms with van der Waals surface area (Å²) in [6.45, 7) is 9.12. The Balaban J connectivity index is 0.000000653. The molecule has 0 aliphatic rings. The molecule has 0 saturated heterocycles. The maximum Gasteiger partial charge on any atom is 2.00 e. The van der Waals surface area contributed by atoms with Gasteiger partial charge in [-0.25, -0.2) is 16.8 Å². The van der Waals surface area contributed by atoms with Gasteiger partial charge in [-0.05, 0) is 119 Å². The van der Waals surface area contributed by atoms with Crippen LogP contribution in [0.3, 0.4) is 0 Å². The van der Waals surface area contributed by atoms with Crippen LogP contribution in [0.25, 0.3) is 21.5 Å². The van der Waals surface area contributed by atoms with Gasteiger partial charge < -0.3 is 9.11 Å². The fourth-order valence-corrected chi connectivity index (χ4v) is 16.2. The van der Waals surface area contributed by atoms with Crippen LogP contribution in [0.1, 0.15) is 435 Å². The minimum Gasteiger partial charge on any atom is -0.744 e. The van der Waals surface area contributed by atoms with Crippen LogP contribution < -0.4 is 0 Å². The van der Waals surface area contributed by atoms with Crippen LogP contribution in [0.4, 0.5) is 0 Å². The third-order valence-corrected chi connectivity index (χ3v) is 22.6. The molecule has 97 heavy (non-hydrogen) atoms. The maximum atomic E-state index is 12.3. The van der Waals surface area contributed by atoms with Crippen molar-refractivity contribution in [1.82, 2.24) is 0 Å². The number of benzene rings is 4. The van der Waals surface area contributed by atoms with E-state index in [1.165, 1.54) is 347 Å². The zero-order valence-electron chi connectivity index (χ0n) is 64.0. The second kappa shape index (κ2) is 63.3. The number of aryl methyl sites for hydroxylation is 4. The Morgan fingerprint density at radius 1 is 0.216 bits per heavy atom. The second-order valence-electron chi connectivity index (χ2n) is 30.0. The summed E-state index contributed by atoms with van der Waals surface area (Å²) in [5.41, 5.74) is 4.22. The van der Waals surface area contributed by atoms with Gasteiger partial charge in [0.1, 0.15) is 20.2 Å². The van der Waals surface area contributed by atoms with Crippen LogP contribution in [0.5, 0.6) is 0 Å². The third kappa shape index (κ3) is 49.2. The summed E-state index contributed by atoms with van der Waals surface area (Å²) in [7, 11) is -9.06. The van der Waals surface area contributed by atoms with E-state index in [9.17, 15) is 25.9 Å². The van der Waals surface area contributed by atoms with Crippen LogP contribution in [0, 0.1) is 0 Å². The molecule has 4 aromatic carbocycles. The summed E-state index contributed by atoms with van der Waals surface area (Å²) >= 11 is 0. The first kappa shape index (κ1) is 91.9. The fourth-order valence-electron chi connectivity index (χ4n) is 14.7. The molecule has 0 atom stereocenters. The van der Waals surface area contributed by atoms with Crippen molar-refractivity contribution in [2.24, 2.45) is 0 Å². The maximum absolute atomic E-state index is 12.3. The summed E-state index contributed by atoms with van der Waals surface area (Å²) in [5, 5.41) is 2.96. The van der Waals surface area contributed by atoms with Gasteiger partial charge in [0.15, 0.2) is 0 Å². The summed E-state index contributed by atoms with van der Waals surface area (Å²) in [6.07, 6.45) is 83.9. The van der Waals surface area contributed by atoms with E-state index in [1.807, 2.05) is 24.3 Å². The van der Waals surface area contributed by atoms with Crippen molar-refractivity contribution >= 4 is 90.7 Å². The number of hydrogen-bond donors (Lipinski definition) is 0. The quantitative estimate of drug-likeness (QED) is 0.0247. The van der Waals surface area contributed by atoms with Gasteiger partial charge in [0.25, 0.3) is 0 Å². The van der Waals surface area contributed by atoms with Crippen LogP contribution >= 0.6 is 0 Å². The van der Waals surface area contributed by atoms with Gasteiger partial charge in [-0.2, -0.15) is 0 Å². The molecule has 4 rings (SSSR count). The molecule has 0 aliphatic heterocycles. The molecule has 0 bridgehead atoms. The molecule has 0 fully saturated rings. The molecule has 0 saturated carbocycles. The Morgan fingerprint density at radius 3 is 0.557 bits per heavy atom. The molecule has 0 amide bonds. The van der Waals surface area contributed by atoms with Gasteiger partial charge in [0.2, 0.25) is 0 Å². The Bertz CT molecular complexity index is 2500. The molecule has 552 valence electrons. The largest absolute Gasteiger partial charge is 2.00 e. The Kier molecular flexibility index (Phi) is 59.9. The Hall–Kier alpha value is -1.21. The summed E-state index contributed by atoms with van der Waals surface area (Å²) in [4.78, 5) is -0.0661. The molecular weight excluding hydrogens is 1350 g/mol. The molecule has 4 aromatic rings. The Morgan fingerprint density at radius 2 is 0.381 bits per heavy atom. The van der Waals surface area contributed by atoms with Gasteiger partial charge in [-0.3, -0.25) is 0 Å². The number of fused-ring (bicyclic) bond motifs is 2. The minimum atomic E-state index is -4.53. The average Bonchev–Trinajstić information content (AvgIpc) is 0.794. The first-order chi connectivity index (χ1) is 46.9. The molecule has 0 aliphatic carbocycles. The number of unbranched alkanes of at least 4 members (excludes halogenated alkanes) is 56. The first-order valence-electron chi connectivity index (χ1n) is 41.9. The van der Waals surface area contributed by atoms with E-state index in [0.29, 0.717) is 10.8 Å². The molecule has 0 heterocycles. The molecule has 0 unspecified atom stereocenters. The molecule has 0 radical (unpaired) electrons. The zero-order valence-corrected chi connectivity index (χ0v) is 70.1. The summed E-state index contributed by atoms with van der Waals surface area (Å²) in [5.74, 6) is 0. The first-order valence-corrected chi connectivity index (χ1v) is 44.8. The van der Waals surface area contributed by atoms with E-state index in [4.69, 9.17) is 0 Å². The van der Waals surface area contributed by atoms with Gasteiger partial charge in [-0.15, -0.1) is 0 Å². The van der Waals surface area contributed by atoms with Crippen molar-refractivity contribution in [2.75, 3.05) is 0 Å². The molecular formula is C88H150BaO6S2. The van der Waals surface area contributed by atoms with E-state index in [1.54, 1.807) is 12.1 Å². The van der Waals surface area contributed by atoms with E-state index in [0.717, 1.165) is 97.2 Å². The molecule has 0 aromatic heterocycles. The normalized spacial score (nSPS) is 11.9. The van der Waals surface area contributed by atoms with Crippen molar-refractivity contribution in [1.29, 1.82) is 0 Å². The monoisotopic (exact) mass is 1500 g/mol. The third-order valence-electron chi connectivity index (χ3n) is 20.9. The second-order valence-corrected chi connectivity index (χ2v) is 32.7. The zero-order chi connectivity index (χ0) is 69.1. The molecule has 0 N–H and O–H groups in total. The van der Waals surface area contributed by atoms with Crippen molar-refractivity contribution in [3.8, 4) is 0 Å². The number of rotatable bonds is 66. The predicted molar refractivity (Wildman–Crippen MR) is 424 cm³/mol. The Labute approximate surface area is 642 Å². The van der Waals surface area contributed by atoms with Crippen LogP contribution in [-0.4, -0.2) is 74.8 Å². The molecule has 0 spiro atoms. The number of hydrogen-bond acceptors (Lipinski definition) is 6. The minimum absolute atomic E-state index is 0. The van der Waals surface area contributed by atoms with E-state index in [-0.39, 0.29) is 58.7 Å². The van der Waals surface area contributed by atoms with Gasteiger partial charge in [0.05, 0.1) is 9.79 Å². The van der Waals surface area contributed by atoms with Crippen LogP contribution in [-0.2, 0) is 45.9 Å². The van der Waals surface area contributed by atoms with Crippen molar-refractivity contribution in [3.63, 3.8) is 0 Å². The van der Waals surface area contributed by atoms with Gasteiger partial charge >= 0.3 is 48.9 Å². The summed E-state index contributed by atoms with van der Waals surface area (Å²) < 4.78 is 73.7. The standard InChI is InChI=1S/2C44H76O3S.Ba/c2*1-3-5-7-9-11-13-15-17-19-21-23-25-27-29-31-33-40-35-36-42-37-41(39-44(43(42)38-40)48(45,46)47)34-32-30-28-26-24-22-20-18-16-14-12-10-8-6-4-2;/h2*35-39H,3-34H2,1-2H3,(H,45,46,47);/q;;+2/p-2.